The predicted octanol–water partition coefficient (Wildman–Crippen LogP) is 2.03. The van der Waals surface area contributed by atoms with Gasteiger partial charge in [0.05, 0.1) is 11.8 Å². The standard InChI is InChI=1S/C17H25ClN2O3S/c1-24(22,23)10-7-15(19)16(21)20-12-17(8-2-3-9-17)13-5-4-6-14(18)11-13/h4-6,11,15H,2-3,7-10,12,19H2,1H3,(H,20,21). The van der Waals surface area contributed by atoms with Gasteiger partial charge in [-0.05, 0) is 37.0 Å². The summed E-state index contributed by atoms with van der Waals surface area (Å²) in [4.78, 5) is 12.2. The Kier molecular flexibility index (Phi) is 6.28. The minimum absolute atomic E-state index is 0.0823. The minimum atomic E-state index is -3.12. The Hall–Kier alpha value is -1.11. The van der Waals surface area contributed by atoms with Crippen molar-refractivity contribution in [1.29, 1.82) is 0 Å². The SMILES string of the molecule is CS(=O)(=O)CCC(N)C(=O)NCC1(c2cccc(Cl)c2)CCCC1. The van der Waals surface area contributed by atoms with Crippen LogP contribution < -0.4 is 11.1 Å². The van der Waals surface area contributed by atoms with Crippen molar-refractivity contribution in [2.75, 3.05) is 18.6 Å². The first-order valence-electron chi connectivity index (χ1n) is 8.19. The maximum absolute atomic E-state index is 12.2. The van der Waals surface area contributed by atoms with Crippen molar-refractivity contribution >= 4 is 27.3 Å². The second kappa shape index (κ2) is 7.85. The summed E-state index contributed by atoms with van der Waals surface area (Å²) in [7, 11) is -3.12. The van der Waals surface area contributed by atoms with Crippen molar-refractivity contribution in [3.63, 3.8) is 0 Å². The van der Waals surface area contributed by atoms with Crippen LogP contribution >= 0.6 is 11.6 Å². The fourth-order valence-corrected chi connectivity index (χ4v) is 4.17. The van der Waals surface area contributed by atoms with Gasteiger partial charge in [-0.1, -0.05) is 36.6 Å². The molecule has 0 aliphatic heterocycles. The number of carbonyl (C=O) groups is 1. The molecule has 0 radical (unpaired) electrons. The second-order valence-electron chi connectivity index (χ2n) is 6.74. The van der Waals surface area contributed by atoms with E-state index in [9.17, 15) is 13.2 Å². The number of halogens is 1. The van der Waals surface area contributed by atoms with Crippen LogP contribution in [0.2, 0.25) is 5.02 Å². The van der Waals surface area contributed by atoms with Crippen molar-refractivity contribution in [3.8, 4) is 0 Å². The quantitative estimate of drug-likeness (QED) is 0.766. The van der Waals surface area contributed by atoms with Gasteiger partial charge in [0.2, 0.25) is 5.91 Å². The van der Waals surface area contributed by atoms with Gasteiger partial charge in [0, 0.05) is 23.2 Å². The Morgan fingerprint density at radius 3 is 2.62 bits per heavy atom. The first-order chi connectivity index (χ1) is 11.2. The molecule has 5 nitrogen and oxygen atoms in total. The molecule has 1 aliphatic carbocycles. The molecule has 1 aromatic rings. The molecular weight excluding hydrogens is 348 g/mol. The number of amides is 1. The maximum atomic E-state index is 12.2. The second-order valence-corrected chi connectivity index (χ2v) is 9.44. The molecule has 1 amide bonds. The molecule has 0 aromatic heterocycles. The molecule has 1 saturated carbocycles. The molecule has 1 atom stereocenters. The highest BCUT2D eigenvalue weighted by Gasteiger charge is 2.36. The number of nitrogens with one attached hydrogen (secondary N) is 1. The lowest BCUT2D eigenvalue weighted by atomic mass is 9.78. The Balaban J connectivity index is 2.00. The predicted molar refractivity (Wildman–Crippen MR) is 96.9 cm³/mol. The number of rotatable bonds is 7. The minimum Gasteiger partial charge on any atom is -0.354 e. The zero-order chi connectivity index (χ0) is 17.8. The van der Waals surface area contributed by atoms with Crippen molar-refractivity contribution in [2.45, 2.75) is 43.6 Å². The van der Waals surface area contributed by atoms with Gasteiger partial charge in [-0.2, -0.15) is 0 Å². The van der Waals surface area contributed by atoms with Crippen LogP contribution in [0, 0.1) is 0 Å². The van der Waals surface area contributed by atoms with Crippen LogP contribution in [0.25, 0.3) is 0 Å². The lowest BCUT2D eigenvalue weighted by molar-refractivity contribution is -0.122. The van der Waals surface area contributed by atoms with E-state index in [0.29, 0.717) is 11.6 Å². The highest BCUT2D eigenvalue weighted by molar-refractivity contribution is 7.90. The summed E-state index contributed by atoms with van der Waals surface area (Å²) in [6.45, 7) is 0.499. The monoisotopic (exact) mass is 372 g/mol. The van der Waals surface area contributed by atoms with Crippen LogP contribution in [0.4, 0.5) is 0 Å². The number of sulfone groups is 1. The largest absolute Gasteiger partial charge is 0.354 e. The van der Waals surface area contributed by atoms with E-state index in [4.69, 9.17) is 17.3 Å². The first-order valence-corrected chi connectivity index (χ1v) is 10.6. The van der Waals surface area contributed by atoms with Crippen LogP contribution in [0.3, 0.4) is 0 Å². The molecule has 0 saturated heterocycles. The topological polar surface area (TPSA) is 89.3 Å². The highest BCUT2D eigenvalue weighted by atomic mass is 35.5. The van der Waals surface area contributed by atoms with Gasteiger partial charge in [-0.25, -0.2) is 8.42 Å². The fraction of sp³-hybridized carbons (Fsp3) is 0.588. The maximum Gasteiger partial charge on any atom is 0.236 e. The summed E-state index contributed by atoms with van der Waals surface area (Å²) < 4.78 is 22.4. The number of carbonyl (C=O) groups excluding carboxylic acids is 1. The van der Waals surface area contributed by atoms with E-state index in [1.165, 1.54) is 0 Å². The van der Waals surface area contributed by atoms with E-state index < -0.39 is 15.9 Å². The molecule has 2 rings (SSSR count). The van der Waals surface area contributed by atoms with E-state index in [1.54, 1.807) is 0 Å². The lowest BCUT2D eigenvalue weighted by Crippen LogP contribution is -2.46. The number of hydrogen-bond acceptors (Lipinski definition) is 4. The average molecular weight is 373 g/mol. The molecule has 0 heterocycles. The highest BCUT2D eigenvalue weighted by Crippen LogP contribution is 2.41. The van der Waals surface area contributed by atoms with Crippen LogP contribution in [-0.4, -0.2) is 38.9 Å². The molecule has 3 N–H and O–H groups in total. The summed E-state index contributed by atoms with van der Waals surface area (Å²) in [6.07, 6.45) is 5.49. The van der Waals surface area contributed by atoms with Crippen LogP contribution in [-0.2, 0) is 20.0 Å². The van der Waals surface area contributed by atoms with Crippen molar-refractivity contribution < 1.29 is 13.2 Å². The van der Waals surface area contributed by atoms with Gasteiger partial charge in [0.15, 0.2) is 0 Å². The number of benzene rings is 1. The number of nitrogens with two attached hydrogens (primary N) is 1. The summed E-state index contributed by atoms with van der Waals surface area (Å²) >= 11 is 6.12. The summed E-state index contributed by atoms with van der Waals surface area (Å²) in [5.74, 6) is -0.381. The third-order valence-corrected chi connectivity index (χ3v) is 5.95. The molecule has 0 bridgehead atoms. The number of hydrogen-bond donors (Lipinski definition) is 2. The van der Waals surface area contributed by atoms with Crippen LogP contribution in [0.15, 0.2) is 24.3 Å². The van der Waals surface area contributed by atoms with Gasteiger partial charge in [0.1, 0.15) is 9.84 Å². The molecule has 1 aromatic carbocycles. The molecule has 1 fully saturated rings. The Morgan fingerprint density at radius 1 is 1.38 bits per heavy atom. The Morgan fingerprint density at radius 2 is 2.04 bits per heavy atom. The summed E-state index contributed by atoms with van der Waals surface area (Å²) in [5, 5.41) is 3.61. The van der Waals surface area contributed by atoms with E-state index in [2.05, 4.69) is 5.32 Å². The fourth-order valence-electron chi connectivity index (χ4n) is 3.30. The zero-order valence-electron chi connectivity index (χ0n) is 13.9. The van der Waals surface area contributed by atoms with Gasteiger partial charge < -0.3 is 11.1 Å². The molecule has 1 aliphatic rings. The van der Waals surface area contributed by atoms with Gasteiger partial charge >= 0.3 is 0 Å². The normalized spacial score (nSPS) is 18.3. The smallest absolute Gasteiger partial charge is 0.236 e. The summed E-state index contributed by atoms with van der Waals surface area (Å²) in [6, 6.07) is 6.97. The van der Waals surface area contributed by atoms with E-state index in [0.717, 1.165) is 37.5 Å². The zero-order valence-corrected chi connectivity index (χ0v) is 15.5. The molecule has 0 spiro atoms. The van der Waals surface area contributed by atoms with Gasteiger partial charge in [0.25, 0.3) is 0 Å². The third-order valence-electron chi connectivity index (χ3n) is 4.74. The van der Waals surface area contributed by atoms with Crippen molar-refractivity contribution in [1.82, 2.24) is 5.32 Å². The molecule has 24 heavy (non-hydrogen) atoms. The lowest BCUT2D eigenvalue weighted by Gasteiger charge is -2.30. The Labute approximate surface area is 148 Å². The van der Waals surface area contributed by atoms with Crippen molar-refractivity contribution in [3.05, 3.63) is 34.9 Å². The average Bonchev–Trinajstić information content (AvgIpc) is 2.99. The molecular formula is C17H25ClN2O3S. The third kappa shape index (κ3) is 5.19. The van der Waals surface area contributed by atoms with E-state index in [-0.39, 0.29) is 23.5 Å². The van der Waals surface area contributed by atoms with E-state index in [1.807, 2.05) is 24.3 Å². The van der Waals surface area contributed by atoms with Gasteiger partial charge in [-0.15, -0.1) is 0 Å². The van der Waals surface area contributed by atoms with Crippen LogP contribution in [0.1, 0.15) is 37.7 Å². The molecule has 1 unspecified atom stereocenters. The van der Waals surface area contributed by atoms with Crippen molar-refractivity contribution in [2.24, 2.45) is 5.73 Å². The summed E-state index contributed by atoms with van der Waals surface area (Å²) in [5.41, 5.74) is 6.84. The van der Waals surface area contributed by atoms with Crippen LogP contribution in [0.5, 0.6) is 0 Å². The molecule has 7 heteroatoms. The first kappa shape index (κ1) is 19.2. The van der Waals surface area contributed by atoms with E-state index >= 15 is 0 Å². The Bertz CT molecular complexity index is 685. The van der Waals surface area contributed by atoms with Gasteiger partial charge in [-0.3, -0.25) is 4.79 Å². The molecule has 134 valence electrons.